The van der Waals surface area contributed by atoms with Gasteiger partial charge in [-0.15, -0.1) is 0 Å². The van der Waals surface area contributed by atoms with Crippen molar-refractivity contribution in [2.45, 2.75) is 26.2 Å². The van der Waals surface area contributed by atoms with E-state index in [4.69, 9.17) is 9.57 Å². The van der Waals surface area contributed by atoms with Crippen molar-refractivity contribution >= 4 is 5.91 Å². The smallest absolute Gasteiger partial charge is 0.246 e. The molecule has 0 unspecified atom stereocenters. The van der Waals surface area contributed by atoms with Crippen molar-refractivity contribution in [3.05, 3.63) is 0 Å². The number of amides is 1. The van der Waals surface area contributed by atoms with Crippen LogP contribution in [0.5, 0.6) is 0 Å². The fraction of sp³-hybridized carbons (Fsp3) is 0.889. The van der Waals surface area contributed by atoms with Crippen LogP contribution in [0.1, 0.15) is 26.2 Å². The maximum atomic E-state index is 11.4. The number of carbonyl (C=O) groups excluding carboxylic acids is 1. The van der Waals surface area contributed by atoms with Gasteiger partial charge in [0.05, 0.1) is 13.2 Å². The van der Waals surface area contributed by atoms with Crippen LogP contribution >= 0.6 is 0 Å². The normalized spacial score (nSPS) is 16.5. The number of ether oxygens (including phenoxy) is 1. The summed E-state index contributed by atoms with van der Waals surface area (Å²) in [5, 5.41) is 1.46. The summed E-state index contributed by atoms with van der Waals surface area (Å²) in [7, 11) is 0. The zero-order chi connectivity index (χ0) is 9.52. The molecule has 13 heavy (non-hydrogen) atoms. The molecule has 1 amide bonds. The van der Waals surface area contributed by atoms with E-state index in [0.29, 0.717) is 26.2 Å². The predicted octanol–water partition coefficient (Wildman–Crippen LogP) is 0.967. The van der Waals surface area contributed by atoms with E-state index >= 15 is 0 Å². The Kier molecular flexibility index (Phi) is 4.78. The van der Waals surface area contributed by atoms with Crippen LogP contribution in [0.4, 0.5) is 0 Å². The summed E-state index contributed by atoms with van der Waals surface area (Å²) >= 11 is 0. The van der Waals surface area contributed by atoms with Gasteiger partial charge in [0.2, 0.25) is 5.91 Å². The molecule has 1 saturated heterocycles. The van der Waals surface area contributed by atoms with E-state index in [-0.39, 0.29) is 5.91 Å². The third kappa shape index (κ3) is 3.74. The van der Waals surface area contributed by atoms with Crippen LogP contribution < -0.4 is 0 Å². The molecule has 1 rings (SSSR count). The maximum Gasteiger partial charge on any atom is 0.246 e. The van der Waals surface area contributed by atoms with E-state index in [0.717, 1.165) is 19.4 Å². The van der Waals surface area contributed by atoms with E-state index in [1.807, 2.05) is 6.92 Å². The first-order chi connectivity index (χ1) is 6.34. The lowest BCUT2D eigenvalue weighted by atomic mass is 10.3. The van der Waals surface area contributed by atoms with Crippen LogP contribution in [0, 0.1) is 0 Å². The van der Waals surface area contributed by atoms with Gasteiger partial charge in [-0.1, -0.05) is 0 Å². The number of hydroxylamine groups is 2. The minimum atomic E-state index is 0.0807. The van der Waals surface area contributed by atoms with Crippen molar-refractivity contribution in [3.63, 3.8) is 0 Å². The molecule has 1 fully saturated rings. The van der Waals surface area contributed by atoms with Crippen LogP contribution in [0.15, 0.2) is 0 Å². The maximum absolute atomic E-state index is 11.4. The Hall–Kier alpha value is -0.610. The molecule has 0 aromatic rings. The predicted molar refractivity (Wildman–Crippen MR) is 48.0 cm³/mol. The van der Waals surface area contributed by atoms with Crippen LogP contribution in [-0.4, -0.2) is 37.3 Å². The molecule has 0 spiro atoms. The van der Waals surface area contributed by atoms with Crippen molar-refractivity contribution in [1.82, 2.24) is 5.06 Å². The van der Waals surface area contributed by atoms with Gasteiger partial charge in [-0.3, -0.25) is 9.63 Å². The van der Waals surface area contributed by atoms with Gasteiger partial charge in [-0.05, 0) is 19.8 Å². The number of hydrogen-bond donors (Lipinski definition) is 0. The molecule has 0 aromatic carbocycles. The summed E-state index contributed by atoms with van der Waals surface area (Å²) in [6.07, 6.45) is 2.27. The monoisotopic (exact) mass is 187 g/mol. The second-order valence-electron chi connectivity index (χ2n) is 2.98. The highest BCUT2D eigenvalue weighted by Crippen LogP contribution is 2.07. The number of rotatable bonds is 5. The third-order valence-electron chi connectivity index (χ3n) is 1.91. The Morgan fingerprint density at radius 2 is 2.46 bits per heavy atom. The van der Waals surface area contributed by atoms with Crippen LogP contribution in [0.3, 0.4) is 0 Å². The van der Waals surface area contributed by atoms with Crippen molar-refractivity contribution in [2.75, 3.05) is 26.4 Å². The topological polar surface area (TPSA) is 38.8 Å². The molecule has 0 saturated carbocycles. The van der Waals surface area contributed by atoms with E-state index in [2.05, 4.69) is 0 Å². The Balaban J connectivity index is 2.03. The summed E-state index contributed by atoms with van der Waals surface area (Å²) in [5.41, 5.74) is 0. The first kappa shape index (κ1) is 10.5. The molecule has 76 valence electrons. The van der Waals surface area contributed by atoms with E-state index in [1.54, 1.807) is 0 Å². The Morgan fingerprint density at radius 1 is 1.62 bits per heavy atom. The zero-order valence-electron chi connectivity index (χ0n) is 8.12. The van der Waals surface area contributed by atoms with Gasteiger partial charge in [0.1, 0.15) is 0 Å². The lowest BCUT2D eigenvalue weighted by Gasteiger charge is -2.13. The average molecular weight is 187 g/mol. The fourth-order valence-corrected chi connectivity index (χ4v) is 1.24. The van der Waals surface area contributed by atoms with Gasteiger partial charge in [0.25, 0.3) is 0 Å². The van der Waals surface area contributed by atoms with Crippen molar-refractivity contribution in [2.24, 2.45) is 0 Å². The minimum absolute atomic E-state index is 0.0807. The van der Waals surface area contributed by atoms with Gasteiger partial charge in [-0.25, -0.2) is 5.06 Å². The quantitative estimate of drug-likeness (QED) is 0.602. The molecule has 1 aliphatic rings. The van der Waals surface area contributed by atoms with Crippen LogP contribution in [0.25, 0.3) is 0 Å². The van der Waals surface area contributed by atoms with Crippen LogP contribution in [-0.2, 0) is 14.4 Å². The molecule has 0 aliphatic carbocycles. The summed E-state index contributed by atoms with van der Waals surface area (Å²) in [4.78, 5) is 16.5. The zero-order valence-corrected chi connectivity index (χ0v) is 8.12. The van der Waals surface area contributed by atoms with Crippen molar-refractivity contribution in [1.29, 1.82) is 0 Å². The third-order valence-corrected chi connectivity index (χ3v) is 1.91. The van der Waals surface area contributed by atoms with Crippen LogP contribution in [0.2, 0.25) is 0 Å². The minimum Gasteiger partial charge on any atom is -0.382 e. The number of nitrogens with zero attached hydrogens (tertiary/aromatic N) is 1. The lowest BCUT2D eigenvalue weighted by Crippen LogP contribution is -2.26. The highest BCUT2D eigenvalue weighted by molar-refractivity contribution is 5.75. The summed E-state index contributed by atoms with van der Waals surface area (Å²) < 4.78 is 5.13. The highest BCUT2D eigenvalue weighted by atomic mass is 16.7. The van der Waals surface area contributed by atoms with E-state index in [9.17, 15) is 4.79 Å². The molecular formula is C9H17NO3. The standard InChI is InChI=1S/C9H17NO3/c1-2-12-7-3-5-9(11)10-6-4-8-13-10/h2-8H2,1H3. The molecule has 1 heterocycles. The van der Waals surface area contributed by atoms with E-state index < -0.39 is 0 Å². The highest BCUT2D eigenvalue weighted by Gasteiger charge is 2.18. The lowest BCUT2D eigenvalue weighted by molar-refractivity contribution is -0.169. The van der Waals surface area contributed by atoms with E-state index in [1.165, 1.54) is 5.06 Å². The second-order valence-corrected chi connectivity index (χ2v) is 2.98. The molecule has 4 heteroatoms. The fourth-order valence-electron chi connectivity index (χ4n) is 1.24. The van der Waals surface area contributed by atoms with Gasteiger partial charge in [0.15, 0.2) is 0 Å². The molecule has 4 nitrogen and oxygen atoms in total. The van der Waals surface area contributed by atoms with Crippen molar-refractivity contribution in [3.8, 4) is 0 Å². The summed E-state index contributed by atoms with van der Waals surface area (Å²) in [5.74, 6) is 0.0807. The molecule has 0 bridgehead atoms. The Bertz CT molecular complexity index is 155. The van der Waals surface area contributed by atoms with Gasteiger partial charge in [0, 0.05) is 19.6 Å². The number of hydrogen-bond acceptors (Lipinski definition) is 3. The molecule has 0 aromatic heterocycles. The molecule has 0 atom stereocenters. The Labute approximate surface area is 78.8 Å². The molecule has 0 radical (unpaired) electrons. The molecule has 0 N–H and O–H groups in total. The first-order valence-electron chi connectivity index (χ1n) is 4.85. The SMILES string of the molecule is CCOCCCC(=O)N1CCCO1. The number of carbonyl (C=O) groups is 1. The van der Waals surface area contributed by atoms with Gasteiger partial charge in [-0.2, -0.15) is 0 Å². The average Bonchev–Trinajstić information content (AvgIpc) is 2.65. The second kappa shape index (κ2) is 5.94. The summed E-state index contributed by atoms with van der Waals surface area (Å²) in [6.45, 7) is 4.75. The molecule has 1 aliphatic heterocycles. The molecular weight excluding hydrogens is 170 g/mol. The summed E-state index contributed by atoms with van der Waals surface area (Å²) in [6, 6.07) is 0. The largest absolute Gasteiger partial charge is 0.382 e. The van der Waals surface area contributed by atoms with Gasteiger partial charge < -0.3 is 4.74 Å². The Morgan fingerprint density at radius 3 is 3.08 bits per heavy atom. The van der Waals surface area contributed by atoms with Crippen molar-refractivity contribution < 1.29 is 14.4 Å². The van der Waals surface area contributed by atoms with Gasteiger partial charge >= 0.3 is 0 Å². The first-order valence-corrected chi connectivity index (χ1v) is 4.85.